The second-order valence-corrected chi connectivity index (χ2v) is 13.9. The fraction of sp³-hybridized carbons (Fsp3) is 1.00. The minimum Gasteiger partial charge on any atom is -0.396 e. The molecule has 7 nitrogen and oxygen atoms in total. The molecule has 0 aromatic heterocycles. The summed E-state index contributed by atoms with van der Waals surface area (Å²) >= 11 is 0. The molecule has 15 atom stereocenters. The Bertz CT molecular complexity index is 779. The van der Waals surface area contributed by atoms with E-state index in [0.717, 1.165) is 25.7 Å². The average molecular weight is 513 g/mol. The standard InChI is InChI=1S/C29H52O7/c1-6-17(16(3)14-30)8-7-15(2)21-24(34)25(35)26-28(21,5)12-10-20-27(4)11-9-18(31)23(33)22(27)19(32)13-29(20,26)36/h15-26,30-36H,6-14H2,1-5H3/t15-,16-,17+,18+,19?,20-,21+,22?,23+,24-,25-,26-,27-,28-,29+/m1/s1. The molecule has 4 aliphatic carbocycles. The van der Waals surface area contributed by atoms with E-state index in [0.29, 0.717) is 25.2 Å². The maximum atomic E-state index is 12.4. The van der Waals surface area contributed by atoms with Gasteiger partial charge in [-0.15, -0.1) is 0 Å². The van der Waals surface area contributed by atoms with Crippen LogP contribution in [-0.4, -0.2) is 78.5 Å². The predicted molar refractivity (Wildman–Crippen MR) is 137 cm³/mol. The molecule has 0 heterocycles. The third kappa shape index (κ3) is 4.11. The van der Waals surface area contributed by atoms with Crippen molar-refractivity contribution >= 4 is 0 Å². The van der Waals surface area contributed by atoms with Gasteiger partial charge in [0, 0.05) is 24.9 Å². The summed E-state index contributed by atoms with van der Waals surface area (Å²) in [6.45, 7) is 10.7. The molecule has 0 bridgehead atoms. The van der Waals surface area contributed by atoms with E-state index >= 15 is 0 Å². The number of fused-ring (bicyclic) bond motifs is 5. The van der Waals surface area contributed by atoms with Crippen LogP contribution in [0.2, 0.25) is 0 Å². The molecule has 0 aliphatic heterocycles. The van der Waals surface area contributed by atoms with Gasteiger partial charge in [0.25, 0.3) is 0 Å². The summed E-state index contributed by atoms with van der Waals surface area (Å²) in [4.78, 5) is 0. The highest BCUT2D eigenvalue weighted by atomic mass is 16.3. The molecule has 0 radical (unpaired) electrons. The highest BCUT2D eigenvalue weighted by Crippen LogP contribution is 2.69. The third-order valence-electron chi connectivity index (χ3n) is 12.1. The lowest BCUT2D eigenvalue weighted by Gasteiger charge is -2.66. The molecule has 2 unspecified atom stereocenters. The van der Waals surface area contributed by atoms with Crippen LogP contribution >= 0.6 is 0 Å². The zero-order valence-electron chi connectivity index (χ0n) is 22.9. The smallest absolute Gasteiger partial charge is 0.0863 e. The molecule has 0 saturated heterocycles. The predicted octanol–water partition coefficient (Wildman–Crippen LogP) is 2.08. The van der Waals surface area contributed by atoms with Crippen LogP contribution in [0.1, 0.15) is 86.0 Å². The van der Waals surface area contributed by atoms with Crippen molar-refractivity contribution in [1.82, 2.24) is 0 Å². The maximum Gasteiger partial charge on any atom is 0.0863 e. The first-order chi connectivity index (χ1) is 16.8. The molecule has 4 rings (SSSR count). The van der Waals surface area contributed by atoms with E-state index in [2.05, 4.69) is 27.7 Å². The Labute approximate surface area is 216 Å². The van der Waals surface area contributed by atoms with Gasteiger partial charge in [-0.3, -0.25) is 0 Å². The van der Waals surface area contributed by atoms with Crippen molar-refractivity contribution in [3.63, 3.8) is 0 Å². The fourth-order valence-corrected chi connectivity index (χ4v) is 10.3. The van der Waals surface area contributed by atoms with Crippen LogP contribution in [0, 0.1) is 52.3 Å². The molecule has 0 aromatic carbocycles. The Balaban J connectivity index is 1.62. The zero-order valence-corrected chi connectivity index (χ0v) is 22.9. The SMILES string of the molecule is CC[C@@H](CC[C@@H](C)[C@H]1[C@@H](O)[C@@H](O)[C@@H]2[C@]1(C)CC[C@H]1[C@@]2(O)CC(O)C2[C@@H](O)[C@@H](O)CC[C@@]21C)[C@H](C)CO. The summed E-state index contributed by atoms with van der Waals surface area (Å²) < 4.78 is 0. The lowest BCUT2D eigenvalue weighted by molar-refractivity contribution is -0.280. The molecule has 0 amide bonds. The summed E-state index contributed by atoms with van der Waals surface area (Å²) in [5.74, 6) is -0.733. The van der Waals surface area contributed by atoms with Gasteiger partial charge in [0.05, 0.1) is 36.1 Å². The second-order valence-electron chi connectivity index (χ2n) is 13.9. The summed E-state index contributed by atoms with van der Waals surface area (Å²) in [5.41, 5.74) is -2.40. The van der Waals surface area contributed by atoms with Crippen LogP contribution in [0.4, 0.5) is 0 Å². The van der Waals surface area contributed by atoms with Gasteiger partial charge in [0.15, 0.2) is 0 Å². The van der Waals surface area contributed by atoms with E-state index in [9.17, 15) is 35.7 Å². The minimum atomic E-state index is -1.36. The van der Waals surface area contributed by atoms with E-state index in [1.807, 2.05) is 6.92 Å². The molecule has 7 heteroatoms. The largest absolute Gasteiger partial charge is 0.396 e. The van der Waals surface area contributed by atoms with E-state index in [-0.39, 0.29) is 36.7 Å². The van der Waals surface area contributed by atoms with Crippen molar-refractivity contribution in [3.8, 4) is 0 Å². The molecule has 7 N–H and O–H groups in total. The number of hydrogen-bond donors (Lipinski definition) is 7. The number of aliphatic hydroxyl groups excluding tert-OH is 6. The Morgan fingerprint density at radius 1 is 0.833 bits per heavy atom. The first-order valence-electron chi connectivity index (χ1n) is 14.5. The normalized spacial score (nSPS) is 53.2. The number of aliphatic hydroxyl groups is 7. The van der Waals surface area contributed by atoms with Crippen LogP contribution in [0.3, 0.4) is 0 Å². The monoisotopic (exact) mass is 512 g/mol. The van der Waals surface area contributed by atoms with E-state index in [4.69, 9.17) is 0 Å². The number of hydrogen-bond acceptors (Lipinski definition) is 7. The van der Waals surface area contributed by atoms with Crippen molar-refractivity contribution in [2.45, 2.75) is 122 Å². The van der Waals surface area contributed by atoms with Crippen LogP contribution in [-0.2, 0) is 0 Å². The van der Waals surface area contributed by atoms with Gasteiger partial charge in [-0.2, -0.15) is 0 Å². The third-order valence-corrected chi connectivity index (χ3v) is 12.1. The Morgan fingerprint density at radius 3 is 2.08 bits per heavy atom. The summed E-state index contributed by atoms with van der Waals surface area (Å²) in [7, 11) is 0. The fourth-order valence-electron chi connectivity index (χ4n) is 10.3. The molecule has 210 valence electrons. The van der Waals surface area contributed by atoms with E-state index in [1.165, 1.54) is 0 Å². The molecular formula is C29H52O7. The van der Waals surface area contributed by atoms with Crippen molar-refractivity contribution in [1.29, 1.82) is 0 Å². The van der Waals surface area contributed by atoms with E-state index in [1.54, 1.807) is 0 Å². The van der Waals surface area contributed by atoms with Gasteiger partial charge in [-0.1, -0.05) is 47.5 Å². The van der Waals surface area contributed by atoms with Gasteiger partial charge in [0.2, 0.25) is 0 Å². The summed E-state index contributed by atoms with van der Waals surface area (Å²) in [5, 5.41) is 77.3. The van der Waals surface area contributed by atoms with Gasteiger partial charge in [-0.25, -0.2) is 0 Å². The lowest BCUT2D eigenvalue weighted by Crippen LogP contribution is -2.71. The molecule has 4 saturated carbocycles. The Hall–Kier alpha value is -0.280. The molecule has 0 aromatic rings. The second kappa shape index (κ2) is 10.0. The highest BCUT2D eigenvalue weighted by molar-refractivity contribution is 5.22. The molecule has 4 fully saturated rings. The van der Waals surface area contributed by atoms with Crippen molar-refractivity contribution < 1.29 is 35.7 Å². The van der Waals surface area contributed by atoms with Crippen molar-refractivity contribution in [3.05, 3.63) is 0 Å². The molecule has 4 aliphatic rings. The highest BCUT2D eigenvalue weighted by Gasteiger charge is 2.73. The van der Waals surface area contributed by atoms with Crippen LogP contribution in [0.15, 0.2) is 0 Å². The quantitative estimate of drug-likeness (QED) is 0.277. The van der Waals surface area contributed by atoms with Gasteiger partial charge in [0.1, 0.15) is 0 Å². The first kappa shape index (κ1) is 28.7. The number of rotatable bonds is 7. The van der Waals surface area contributed by atoms with Crippen LogP contribution in [0.5, 0.6) is 0 Å². The zero-order chi connectivity index (χ0) is 26.8. The van der Waals surface area contributed by atoms with Crippen molar-refractivity contribution in [2.24, 2.45) is 52.3 Å². The van der Waals surface area contributed by atoms with Gasteiger partial charge < -0.3 is 35.7 Å². The van der Waals surface area contributed by atoms with Crippen LogP contribution < -0.4 is 0 Å². The topological polar surface area (TPSA) is 142 Å². The maximum absolute atomic E-state index is 12.4. The van der Waals surface area contributed by atoms with Gasteiger partial charge >= 0.3 is 0 Å². The van der Waals surface area contributed by atoms with E-state index < -0.39 is 58.8 Å². The lowest BCUT2D eigenvalue weighted by atomic mass is 9.41. The minimum absolute atomic E-state index is 0.0404. The van der Waals surface area contributed by atoms with Crippen molar-refractivity contribution in [2.75, 3.05) is 6.61 Å². The van der Waals surface area contributed by atoms with Crippen LogP contribution in [0.25, 0.3) is 0 Å². The summed E-state index contributed by atoms with van der Waals surface area (Å²) in [6, 6.07) is 0. The first-order valence-corrected chi connectivity index (χ1v) is 14.5. The summed E-state index contributed by atoms with van der Waals surface area (Å²) in [6.07, 6.45) is 0.418. The Kier molecular flexibility index (Phi) is 8.01. The average Bonchev–Trinajstić information content (AvgIpc) is 3.02. The Morgan fingerprint density at radius 2 is 1.47 bits per heavy atom. The molecule has 0 spiro atoms. The molecular weight excluding hydrogens is 460 g/mol. The molecule has 36 heavy (non-hydrogen) atoms. The van der Waals surface area contributed by atoms with Gasteiger partial charge in [-0.05, 0) is 72.5 Å².